The second-order valence-electron chi connectivity index (χ2n) is 13.6. The fourth-order valence-electron chi connectivity index (χ4n) is 7.82. The molecule has 0 atom stereocenters. The minimum absolute atomic E-state index is 0.488. The lowest BCUT2D eigenvalue weighted by Crippen LogP contribution is -2.09. The molecule has 4 nitrogen and oxygen atoms in total. The van der Waals surface area contributed by atoms with E-state index in [0.29, 0.717) is 6.67 Å². The van der Waals surface area contributed by atoms with Gasteiger partial charge in [0.05, 0.1) is 27.8 Å². The number of fused-ring (bicyclic) bond motifs is 6. The van der Waals surface area contributed by atoms with Crippen LogP contribution in [0.5, 0.6) is 0 Å². The van der Waals surface area contributed by atoms with Gasteiger partial charge in [-0.1, -0.05) is 127 Å². The molecule has 0 radical (unpaired) electrons. The Balaban J connectivity index is 1.18. The van der Waals surface area contributed by atoms with E-state index in [-0.39, 0.29) is 0 Å². The molecule has 54 heavy (non-hydrogen) atoms. The van der Waals surface area contributed by atoms with Crippen LogP contribution < -0.4 is 5.32 Å². The normalized spacial score (nSPS) is 12.3. The number of rotatable bonds is 9. The van der Waals surface area contributed by atoms with Crippen LogP contribution in [0.4, 0.5) is 5.69 Å². The van der Waals surface area contributed by atoms with Crippen LogP contribution in [-0.2, 0) is 6.67 Å². The molecular formula is C50H40N4. The van der Waals surface area contributed by atoms with Gasteiger partial charge in [-0.3, -0.25) is 4.99 Å². The molecule has 0 saturated heterocycles. The first kappa shape index (κ1) is 33.0. The van der Waals surface area contributed by atoms with Gasteiger partial charge in [-0.25, -0.2) is 0 Å². The molecule has 0 aliphatic heterocycles. The summed E-state index contributed by atoms with van der Waals surface area (Å²) < 4.78 is 4.72. The molecule has 2 heterocycles. The monoisotopic (exact) mass is 696 g/mol. The van der Waals surface area contributed by atoms with Crippen molar-refractivity contribution in [2.75, 3.05) is 12.4 Å². The van der Waals surface area contributed by atoms with Crippen molar-refractivity contribution in [2.24, 2.45) is 4.99 Å². The molecule has 4 heteroatoms. The molecule has 9 aromatic rings. The Kier molecular flexibility index (Phi) is 8.70. The number of aliphatic imine (C=N–C) groups is 1. The Morgan fingerprint density at radius 1 is 0.574 bits per heavy atom. The summed E-state index contributed by atoms with van der Waals surface area (Å²) in [7, 11) is 1.96. The van der Waals surface area contributed by atoms with Crippen molar-refractivity contribution in [3.8, 4) is 16.8 Å². The summed E-state index contributed by atoms with van der Waals surface area (Å²) in [6.45, 7) is 2.53. The molecule has 0 aliphatic rings. The van der Waals surface area contributed by atoms with Crippen LogP contribution in [0.15, 0.2) is 187 Å². The molecule has 7 aromatic carbocycles. The van der Waals surface area contributed by atoms with Gasteiger partial charge in [0, 0.05) is 51.1 Å². The molecule has 0 unspecified atom stereocenters. The number of anilines is 1. The topological polar surface area (TPSA) is 34.2 Å². The number of para-hydroxylation sites is 3. The lowest BCUT2D eigenvalue weighted by Gasteiger charge is -2.13. The third-order valence-corrected chi connectivity index (χ3v) is 10.4. The van der Waals surface area contributed by atoms with Crippen molar-refractivity contribution >= 4 is 61.1 Å². The lowest BCUT2D eigenvalue weighted by atomic mass is 10.00. The standard InChI is InChI=1S/C50H40N4/c1-3-4-7-16-35-25-28-48-42(31-35)44-33-38(27-30-49(44)54(48)39-19-10-6-11-20-39)37-26-29-47-43(32-37)40-21-13-15-24-46(40)53(47)34-52-50(36-17-8-5-9-18-36)41-22-12-14-23-45(41)51-2/h3-33,51H,34H2,1-2H3/b4-3-,16-7-,52-50?. The molecule has 0 saturated carbocycles. The zero-order chi connectivity index (χ0) is 36.4. The van der Waals surface area contributed by atoms with E-state index in [0.717, 1.165) is 33.7 Å². The van der Waals surface area contributed by atoms with Gasteiger partial charge in [0.15, 0.2) is 0 Å². The molecule has 0 bridgehead atoms. The quantitative estimate of drug-likeness (QED) is 0.118. The van der Waals surface area contributed by atoms with Gasteiger partial charge < -0.3 is 14.5 Å². The Labute approximate surface area is 315 Å². The van der Waals surface area contributed by atoms with Crippen molar-refractivity contribution in [1.82, 2.24) is 9.13 Å². The predicted octanol–water partition coefficient (Wildman–Crippen LogP) is 12.7. The first-order valence-electron chi connectivity index (χ1n) is 18.5. The van der Waals surface area contributed by atoms with Crippen LogP contribution in [0.3, 0.4) is 0 Å². The van der Waals surface area contributed by atoms with Gasteiger partial charge in [0.25, 0.3) is 0 Å². The number of aromatic nitrogens is 2. The minimum atomic E-state index is 0.488. The Bertz CT molecular complexity index is 2890. The molecule has 260 valence electrons. The number of hydrogen-bond acceptors (Lipinski definition) is 2. The smallest absolute Gasteiger partial charge is 0.115 e. The van der Waals surface area contributed by atoms with Crippen LogP contribution >= 0.6 is 0 Å². The summed E-state index contributed by atoms with van der Waals surface area (Å²) in [6.07, 6.45) is 8.39. The van der Waals surface area contributed by atoms with Gasteiger partial charge in [0.2, 0.25) is 0 Å². The van der Waals surface area contributed by atoms with E-state index in [1.54, 1.807) is 0 Å². The second-order valence-corrected chi connectivity index (χ2v) is 13.6. The average Bonchev–Trinajstić information content (AvgIpc) is 3.73. The summed E-state index contributed by atoms with van der Waals surface area (Å²) in [5.74, 6) is 0. The van der Waals surface area contributed by atoms with Crippen LogP contribution in [0.25, 0.3) is 66.5 Å². The number of nitrogens with one attached hydrogen (secondary N) is 1. The van der Waals surface area contributed by atoms with Crippen LogP contribution in [0.2, 0.25) is 0 Å². The van der Waals surface area contributed by atoms with Crippen molar-refractivity contribution in [2.45, 2.75) is 13.6 Å². The molecular weight excluding hydrogens is 657 g/mol. The molecule has 0 amide bonds. The van der Waals surface area contributed by atoms with Crippen molar-refractivity contribution < 1.29 is 0 Å². The summed E-state index contributed by atoms with van der Waals surface area (Å²) in [6, 6.07) is 58.8. The summed E-state index contributed by atoms with van der Waals surface area (Å²) in [4.78, 5) is 5.35. The number of nitrogens with zero attached hydrogens (tertiary/aromatic N) is 3. The maximum atomic E-state index is 5.35. The molecule has 0 aliphatic carbocycles. The van der Waals surface area contributed by atoms with Gasteiger partial charge in [-0.05, 0) is 84.3 Å². The molecule has 2 aromatic heterocycles. The maximum absolute atomic E-state index is 5.35. The zero-order valence-electron chi connectivity index (χ0n) is 30.4. The predicted molar refractivity (Wildman–Crippen MR) is 231 cm³/mol. The Morgan fingerprint density at radius 2 is 1.19 bits per heavy atom. The average molecular weight is 697 g/mol. The fraction of sp³-hybridized carbons (Fsp3) is 0.0600. The molecule has 0 fully saturated rings. The molecule has 9 rings (SSSR count). The van der Waals surface area contributed by atoms with Crippen molar-refractivity contribution in [1.29, 1.82) is 0 Å². The van der Waals surface area contributed by atoms with Gasteiger partial charge in [-0.2, -0.15) is 0 Å². The second kappa shape index (κ2) is 14.3. The van der Waals surface area contributed by atoms with E-state index < -0.39 is 0 Å². The molecule has 0 spiro atoms. The molecule has 1 N–H and O–H groups in total. The SMILES string of the molecule is C/C=C\C=C/c1ccc2c(c1)c1cc(-c3ccc4c(c3)c3ccccc3n4CN=C(c3ccccc3)c3ccccc3NC)ccc1n2-c1ccccc1. The van der Waals surface area contributed by atoms with Crippen LogP contribution in [-0.4, -0.2) is 21.9 Å². The Hall–Kier alpha value is -6.91. The van der Waals surface area contributed by atoms with Gasteiger partial charge in [-0.15, -0.1) is 0 Å². The highest BCUT2D eigenvalue weighted by Gasteiger charge is 2.17. The largest absolute Gasteiger partial charge is 0.388 e. The number of allylic oxidation sites excluding steroid dienone is 3. The first-order valence-corrected chi connectivity index (χ1v) is 18.5. The van der Waals surface area contributed by atoms with E-state index in [1.165, 1.54) is 54.8 Å². The minimum Gasteiger partial charge on any atom is -0.388 e. The lowest BCUT2D eigenvalue weighted by molar-refractivity contribution is 0.793. The summed E-state index contributed by atoms with van der Waals surface area (Å²) >= 11 is 0. The van der Waals surface area contributed by atoms with E-state index in [2.05, 4.69) is 203 Å². The Morgan fingerprint density at radius 3 is 1.94 bits per heavy atom. The number of hydrogen-bond donors (Lipinski definition) is 1. The zero-order valence-corrected chi connectivity index (χ0v) is 30.4. The maximum Gasteiger partial charge on any atom is 0.115 e. The van der Waals surface area contributed by atoms with E-state index >= 15 is 0 Å². The van der Waals surface area contributed by atoms with Gasteiger partial charge >= 0.3 is 0 Å². The third-order valence-electron chi connectivity index (χ3n) is 10.4. The fourth-order valence-corrected chi connectivity index (χ4v) is 7.82. The van der Waals surface area contributed by atoms with Crippen LogP contribution in [0, 0.1) is 0 Å². The van der Waals surface area contributed by atoms with Crippen molar-refractivity contribution in [3.63, 3.8) is 0 Å². The van der Waals surface area contributed by atoms with E-state index in [1.807, 2.05) is 14.0 Å². The first-order chi connectivity index (χ1) is 26.7. The van der Waals surface area contributed by atoms with E-state index in [9.17, 15) is 0 Å². The van der Waals surface area contributed by atoms with Crippen molar-refractivity contribution in [3.05, 3.63) is 199 Å². The van der Waals surface area contributed by atoms with E-state index in [4.69, 9.17) is 4.99 Å². The third kappa shape index (κ3) is 5.88. The highest BCUT2D eigenvalue weighted by Crippen LogP contribution is 2.38. The number of benzene rings is 7. The summed E-state index contributed by atoms with van der Waals surface area (Å²) in [5.41, 5.74) is 13.6. The van der Waals surface area contributed by atoms with Gasteiger partial charge in [0.1, 0.15) is 6.67 Å². The van der Waals surface area contributed by atoms with Crippen LogP contribution in [0.1, 0.15) is 23.6 Å². The highest BCUT2D eigenvalue weighted by molar-refractivity contribution is 6.16. The highest BCUT2D eigenvalue weighted by atomic mass is 15.1. The summed E-state index contributed by atoms with van der Waals surface area (Å²) in [5, 5.41) is 8.29.